The Morgan fingerprint density at radius 1 is 1.35 bits per heavy atom. The highest BCUT2D eigenvalue weighted by Crippen LogP contribution is 2.24. The van der Waals surface area contributed by atoms with E-state index >= 15 is 0 Å². The Labute approximate surface area is 131 Å². The molecule has 1 heterocycles. The van der Waals surface area contributed by atoms with Crippen molar-refractivity contribution in [3.05, 3.63) is 50.4 Å². The van der Waals surface area contributed by atoms with Gasteiger partial charge in [-0.05, 0) is 24.6 Å². The highest BCUT2D eigenvalue weighted by molar-refractivity contribution is 9.10. The average molecular weight is 353 g/mol. The zero-order valence-corrected chi connectivity index (χ0v) is 14.1. The number of benzene rings is 1. The van der Waals surface area contributed by atoms with Crippen LogP contribution in [0.15, 0.2) is 34.9 Å². The van der Waals surface area contributed by atoms with Crippen molar-refractivity contribution < 1.29 is 4.79 Å². The molecule has 0 aliphatic rings. The number of carbonyl (C=O) groups is 1. The van der Waals surface area contributed by atoms with Crippen LogP contribution in [0, 0.1) is 6.92 Å². The minimum Gasteiger partial charge on any atom is -0.350 e. The summed E-state index contributed by atoms with van der Waals surface area (Å²) in [6, 6.07) is 8.19. The monoisotopic (exact) mass is 352 g/mol. The SMILES string of the molecule is Cc1ncc(C(=O)NCC(C)(C)c2ccc(Br)cc2)s1. The molecule has 1 amide bonds. The molecule has 0 bridgehead atoms. The summed E-state index contributed by atoms with van der Waals surface area (Å²) in [5.74, 6) is -0.0548. The Morgan fingerprint density at radius 2 is 2.00 bits per heavy atom. The first kappa shape index (κ1) is 15.2. The molecule has 3 nitrogen and oxygen atoms in total. The summed E-state index contributed by atoms with van der Waals surface area (Å²) in [6.07, 6.45) is 1.63. The van der Waals surface area contributed by atoms with Crippen LogP contribution in [0.4, 0.5) is 0 Å². The Kier molecular flexibility index (Phi) is 4.60. The molecule has 106 valence electrons. The van der Waals surface area contributed by atoms with Gasteiger partial charge in [0.2, 0.25) is 0 Å². The molecule has 20 heavy (non-hydrogen) atoms. The van der Waals surface area contributed by atoms with E-state index in [0.29, 0.717) is 11.4 Å². The van der Waals surface area contributed by atoms with Gasteiger partial charge >= 0.3 is 0 Å². The predicted molar refractivity (Wildman–Crippen MR) is 86.4 cm³/mol. The third kappa shape index (κ3) is 3.67. The molecule has 0 aliphatic heterocycles. The van der Waals surface area contributed by atoms with Crippen LogP contribution in [-0.2, 0) is 5.41 Å². The molecular formula is C15H17BrN2OS. The highest BCUT2D eigenvalue weighted by Gasteiger charge is 2.22. The van der Waals surface area contributed by atoms with Crippen molar-refractivity contribution in [2.75, 3.05) is 6.54 Å². The zero-order chi connectivity index (χ0) is 14.8. The average Bonchev–Trinajstić information content (AvgIpc) is 2.83. The lowest BCUT2D eigenvalue weighted by Gasteiger charge is -2.25. The largest absolute Gasteiger partial charge is 0.350 e. The molecular weight excluding hydrogens is 336 g/mol. The van der Waals surface area contributed by atoms with Gasteiger partial charge in [0.05, 0.1) is 11.2 Å². The fourth-order valence-corrected chi connectivity index (χ4v) is 2.82. The van der Waals surface area contributed by atoms with Crippen LogP contribution in [-0.4, -0.2) is 17.4 Å². The fourth-order valence-electron chi connectivity index (χ4n) is 1.86. The molecule has 0 atom stereocenters. The van der Waals surface area contributed by atoms with Crippen molar-refractivity contribution in [3.8, 4) is 0 Å². The maximum absolute atomic E-state index is 12.0. The van der Waals surface area contributed by atoms with Gasteiger partial charge in [-0.1, -0.05) is 41.9 Å². The summed E-state index contributed by atoms with van der Waals surface area (Å²) in [7, 11) is 0. The molecule has 0 saturated carbocycles. The Bertz CT molecular complexity index is 605. The van der Waals surface area contributed by atoms with Gasteiger partial charge in [-0.2, -0.15) is 0 Å². The van der Waals surface area contributed by atoms with Crippen LogP contribution in [0.2, 0.25) is 0 Å². The highest BCUT2D eigenvalue weighted by atomic mass is 79.9. The lowest BCUT2D eigenvalue weighted by Crippen LogP contribution is -2.36. The van der Waals surface area contributed by atoms with Crippen molar-refractivity contribution in [2.24, 2.45) is 0 Å². The second-order valence-electron chi connectivity index (χ2n) is 5.32. The minimum atomic E-state index is -0.115. The first-order valence-corrected chi connectivity index (χ1v) is 7.96. The van der Waals surface area contributed by atoms with E-state index in [2.05, 4.69) is 52.2 Å². The van der Waals surface area contributed by atoms with Gasteiger partial charge in [0.15, 0.2) is 0 Å². The van der Waals surface area contributed by atoms with E-state index in [4.69, 9.17) is 0 Å². The third-order valence-corrected chi connectivity index (χ3v) is 4.60. The zero-order valence-electron chi connectivity index (χ0n) is 11.7. The second kappa shape index (κ2) is 6.06. The summed E-state index contributed by atoms with van der Waals surface area (Å²) < 4.78 is 1.06. The summed E-state index contributed by atoms with van der Waals surface area (Å²) in [5.41, 5.74) is 1.08. The van der Waals surface area contributed by atoms with Gasteiger partial charge in [0, 0.05) is 16.4 Å². The molecule has 1 N–H and O–H groups in total. The summed E-state index contributed by atoms with van der Waals surface area (Å²) in [6.45, 7) is 6.72. The summed E-state index contributed by atoms with van der Waals surface area (Å²) in [4.78, 5) is 16.8. The Hall–Kier alpha value is -1.20. The van der Waals surface area contributed by atoms with Crippen molar-refractivity contribution in [1.82, 2.24) is 10.3 Å². The second-order valence-corrected chi connectivity index (χ2v) is 7.47. The van der Waals surface area contributed by atoms with Crippen molar-refractivity contribution >= 4 is 33.2 Å². The van der Waals surface area contributed by atoms with E-state index in [1.807, 2.05) is 19.1 Å². The van der Waals surface area contributed by atoms with E-state index in [9.17, 15) is 4.79 Å². The molecule has 5 heteroatoms. The molecule has 1 aromatic heterocycles. The molecule has 0 aliphatic carbocycles. The van der Waals surface area contributed by atoms with Gasteiger partial charge < -0.3 is 5.32 Å². The lowest BCUT2D eigenvalue weighted by molar-refractivity contribution is 0.0949. The van der Waals surface area contributed by atoms with Gasteiger partial charge in [-0.15, -0.1) is 11.3 Å². The number of halogens is 1. The maximum Gasteiger partial charge on any atom is 0.263 e. The Balaban J connectivity index is 2.02. The predicted octanol–water partition coefficient (Wildman–Crippen LogP) is 3.92. The number of amides is 1. The molecule has 2 rings (SSSR count). The first-order chi connectivity index (χ1) is 9.38. The van der Waals surface area contributed by atoms with E-state index in [0.717, 1.165) is 9.48 Å². The van der Waals surface area contributed by atoms with Crippen LogP contribution in [0.1, 0.15) is 34.1 Å². The van der Waals surface area contributed by atoms with Gasteiger partial charge in [-0.3, -0.25) is 4.79 Å². The number of hydrogen-bond acceptors (Lipinski definition) is 3. The number of nitrogens with one attached hydrogen (secondary N) is 1. The van der Waals surface area contributed by atoms with Crippen LogP contribution in [0.5, 0.6) is 0 Å². The van der Waals surface area contributed by atoms with Crippen molar-refractivity contribution in [1.29, 1.82) is 0 Å². The van der Waals surface area contributed by atoms with Gasteiger partial charge in [0.25, 0.3) is 5.91 Å². The molecule has 2 aromatic rings. The van der Waals surface area contributed by atoms with E-state index < -0.39 is 0 Å². The van der Waals surface area contributed by atoms with Crippen molar-refractivity contribution in [2.45, 2.75) is 26.2 Å². The number of aromatic nitrogens is 1. The van der Waals surface area contributed by atoms with Crippen LogP contribution in [0.3, 0.4) is 0 Å². The van der Waals surface area contributed by atoms with E-state index in [1.165, 1.54) is 16.9 Å². The standard InChI is InChI=1S/C15H17BrN2OS/c1-10-17-8-13(20-10)14(19)18-9-15(2,3)11-4-6-12(16)7-5-11/h4-8H,9H2,1-3H3,(H,18,19). The molecule has 0 radical (unpaired) electrons. The van der Waals surface area contributed by atoms with Gasteiger partial charge in [-0.25, -0.2) is 4.98 Å². The minimum absolute atomic E-state index is 0.0548. The van der Waals surface area contributed by atoms with E-state index in [-0.39, 0.29) is 11.3 Å². The molecule has 0 unspecified atom stereocenters. The number of hydrogen-bond donors (Lipinski definition) is 1. The third-order valence-electron chi connectivity index (χ3n) is 3.16. The molecule has 0 saturated heterocycles. The molecule has 1 aromatic carbocycles. The number of thiazole rings is 1. The number of nitrogens with zero attached hydrogens (tertiary/aromatic N) is 1. The normalized spacial score (nSPS) is 11.4. The van der Waals surface area contributed by atoms with E-state index in [1.54, 1.807) is 6.20 Å². The summed E-state index contributed by atoms with van der Waals surface area (Å²) >= 11 is 4.85. The lowest BCUT2D eigenvalue weighted by atomic mass is 9.84. The summed E-state index contributed by atoms with van der Waals surface area (Å²) in [5, 5.41) is 3.89. The molecule has 0 spiro atoms. The Morgan fingerprint density at radius 3 is 2.55 bits per heavy atom. The quantitative estimate of drug-likeness (QED) is 0.905. The topological polar surface area (TPSA) is 42.0 Å². The van der Waals surface area contributed by atoms with Crippen LogP contribution < -0.4 is 5.32 Å². The first-order valence-electron chi connectivity index (χ1n) is 6.35. The molecule has 0 fully saturated rings. The van der Waals surface area contributed by atoms with Crippen LogP contribution >= 0.6 is 27.3 Å². The number of aryl methyl sites for hydroxylation is 1. The number of carbonyl (C=O) groups excluding carboxylic acids is 1. The fraction of sp³-hybridized carbons (Fsp3) is 0.333. The smallest absolute Gasteiger partial charge is 0.263 e. The van der Waals surface area contributed by atoms with Crippen LogP contribution in [0.25, 0.3) is 0 Å². The van der Waals surface area contributed by atoms with Crippen molar-refractivity contribution in [3.63, 3.8) is 0 Å². The van der Waals surface area contributed by atoms with Gasteiger partial charge in [0.1, 0.15) is 4.88 Å². The maximum atomic E-state index is 12.0. The number of rotatable bonds is 4.